The van der Waals surface area contributed by atoms with E-state index in [4.69, 9.17) is 9.52 Å². The number of carbonyl (C=O) groups is 1. The number of aryl methyl sites for hydroxylation is 2. The Kier molecular flexibility index (Phi) is 5.92. The Morgan fingerprint density at radius 2 is 2.06 bits per heavy atom. The molecule has 0 aliphatic heterocycles. The number of rotatable bonds is 7. The Balaban J connectivity index is 2.72. The predicted molar refractivity (Wildman–Crippen MR) is 70.7 cm³/mol. The Bertz CT molecular complexity index is 384. The second-order valence-electron chi connectivity index (χ2n) is 4.59. The molecule has 102 valence electrons. The van der Waals surface area contributed by atoms with Crippen LogP contribution in [-0.4, -0.2) is 35.6 Å². The van der Waals surface area contributed by atoms with Crippen molar-refractivity contribution in [3.8, 4) is 0 Å². The maximum atomic E-state index is 12.3. The first-order valence-corrected chi connectivity index (χ1v) is 6.57. The summed E-state index contributed by atoms with van der Waals surface area (Å²) in [7, 11) is 0. The monoisotopic (exact) mass is 253 g/mol. The van der Waals surface area contributed by atoms with Crippen molar-refractivity contribution < 1.29 is 14.3 Å². The fraction of sp³-hybridized carbons (Fsp3) is 0.643. The predicted octanol–water partition coefficient (Wildman–Crippen LogP) is 2.52. The van der Waals surface area contributed by atoms with E-state index in [1.54, 1.807) is 4.90 Å². The van der Waals surface area contributed by atoms with E-state index in [2.05, 4.69) is 6.92 Å². The number of aliphatic hydroxyl groups is 1. The molecule has 1 aromatic heterocycles. The number of furan rings is 1. The molecule has 0 bridgehead atoms. The highest BCUT2D eigenvalue weighted by atomic mass is 16.4. The van der Waals surface area contributed by atoms with E-state index < -0.39 is 0 Å². The van der Waals surface area contributed by atoms with Gasteiger partial charge in [-0.25, -0.2) is 0 Å². The topological polar surface area (TPSA) is 53.7 Å². The van der Waals surface area contributed by atoms with Gasteiger partial charge in [-0.2, -0.15) is 0 Å². The lowest BCUT2D eigenvalue weighted by molar-refractivity contribution is 0.0684. The number of nitrogens with zero attached hydrogens (tertiary/aromatic N) is 1. The van der Waals surface area contributed by atoms with Gasteiger partial charge < -0.3 is 14.4 Å². The van der Waals surface area contributed by atoms with Gasteiger partial charge in [0.15, 0.2) is 5.76 Å². The van der Waals surface area contributed by atoms with Crippen molar-refractivity contribution in [1.82, 2.24) is 4.90 Å². The van der Waals surface area contributed by atoms with Gasteiger partial charge in [-0.3, -0.25) is 4.79 Å². The minimum Gasteiger partial charge on any atom is -0.456 e. The summed E-state index contributed by atoms with van der Waals surface area (Å²) in [6.07, 6.45) is 3.16. The van der Waals surface area contributed by atoms with E-state index in [-0.39, 0.29) is 12.5 Å². The van der Waals surface area contributed by atoms with Crippen molar-refractivity contribution in [2.75, 3.05) is 19.7 Å². The number of carbonyl (C=O) groups excluding carboxylic acids is 1. The highest BCUT2D eigenvalue weighted by Crippen LogP contribution is 2.16. The molecule has 0 atom stereocenters. The van der Waals surface area contributed by atoms with Gasteiger partial charge in [0.1, 0.15) is 5.76 Å². The molecule has 0 unspecified atom stereocenters. The highest BCUT2D eigenvalue weighted by molar-refractivity contribution is 5.93. The molecule has 1 amide bonds. The van der Waals surface area contributed by atoms with E-state index in [1.165, 1.54) is 0 Å². The maximum Gasteiger partial charge on any atom is 0.289 e. The van der Waals surface area contributed by atoms with Gasteiger partial charge >= 0.3 is 0 Å². The molecule has 1 aromatic rings. The first kappa shape index (κ1) is 14.8. The lowest BCUT2D eigenvalue weighted by atomic mass is 10.2. The van der Waals surface area contributed by atoms with Crippen LogP contribution < -0.4 is 0 Å². The normalized spacial score (nSPS) is 10.7. The molecule has 0 saturated carbocycles. The van der Waals surface area contributed by atoms with Gasteiger partial charge in [0.25, 0.3) is 5.91 Å². The molecule has 0 spiro atoms. The summed E-state index contributed by atoms with van der Waals surface area (Å²) < 4.78 is 5.44. The van der Waals surface area contributed by atoms with Crippen LogP contribution in [0.4, 0.5) is 0 Å². The number of amides is 1. The average molecular weight is 253 g/mol. The smallest absolute Gasteiger partial charge is 0.289 e. The molecule has 18 heavy (non-hydrogen) atoms. The fourth-order valence-corrected chi connectivity index (χ4v) is 1.99. The maximum absolute atomic E-state index is 12.3. The van der Waals surface area contributed by atoms with Gasteiger partial charge in [-0.15, -0.1) is 0 Å². The third-order valence-electron chi connectivity index (χ3n) is 2.92. The number of hydrogen-bond acceptors (Lipinski definition) is 3. The minimum atomic E-state index is -0.120. The SMILES string of the molecule is CCCCCN(CCO)C(=O)c1oc(C)cc1C. The average Bonchev–Trinajstić information content (AvgIpc) is 2.67. The standard InChI is InChI=1S/C14H23NO3/c1-4-5-6-7-15(8-9-16)14(17)13-11(2)10-12(3)18-13/h10,16H,4-9H2,1-3H3. The zero-order chi connectivity index (χ0) is 13.5. The second kappa shape index (κ2) is 7.21. The molecule has 0 fully saturated rings. The van der Waals surface area contributed by atoms with E-state index in [1.807, 2.05) is 19.9 Å². The van der Waals surface area contributed by atoms with Gasteiger partial charge in [0.05, 0.1) is 6.61 Å². The van der Waals surface area contributed by atoms with Crippen molar-refractivity contribution in [3.05, 3.63) is 23.2 Å². The van der Waals surface area contributed by atoms with Crippen LogP contribution in [0.1, 0.15) is 48.1 Å². The molecule has 0 saturated heterocycles. The van der Waals surface area contributed by atoms with Crippen molar-refractivity contribution in [3.63, 3.8) is 0 Å². The lowest BCUT2D eigenvalue weighted by Gasteiger charge is -2.20. The summed E-state index contributed by atoms with van der Waals surface area (Å²) >= 11 is 0. The van der Waals surface area contributed by atoms with Crippen molar-refractivity contribution in [2.24, 2.45) is 0 Å². The molecule has 0 aliphatic carbocycles. The summed E-state index contributed by atoms with van der Waals surface area (Å²) in [6, 6.07) is 1.86. The molecule has 0 aromatic carbocycles. The van der Waals surface area contributed by atoms with Crippen LogP contribution in [-0.2, 0) is 0 Å². The van der Waals surface area contributed by atoms with Gasteiger partial charge in [0.2, 0.25) is 0 Å². The summed E-state index contributed by atoms with van der Waals surface area (Å²) in [5.41, 5.74) is 0.857. The fourth-order valence-electron chi connectivity index (χ4n) is 1.99. The van der Waals surface area contributed by atoms with E-state index in [9.17, 15) is 4.79 Å². The van der Waals surface area contributed by atoms with Crippen LogP contribution in [0.2, 0.25) is 0 Å². The van der Waals surface area contributed by atoms with Crippen LogP contribution in [0.25, 0.3) is 0 Å². The van der Waals surface area contributed by atoms with Gasteiger partial charge in [0, 0.05) is 18.7 Å². The third-order valence-corrected chi connectivity index (χ3v) is 2.92. The molecule has 4 nitrogen and oxygen atoms in total. The largest absolute Gasteiger partial charge is 0.456 e. The Labute approximate surface area is 109 Å². The first-order valence-electron chi connectivity index (χ1n) is 6.57. The molecule has 1 N–H and O–H groups in total. The zero-order valence-corrected chi connectivity index (χ0v) is 11.5. The van der Waals surface area contributed by atoms with Crippen LogP contribution >= 0.6 is 0 Å². The van der Waals surface area contributed by atoms with Gasteiger partial charge in [-0.05, 0) is 26.3 Å². The molecule has 1 rings (SSSR count). The van der Waals surface area contributed by atoms with E-state index >= 15 is 0 Å². The minimum absolute atomic E-state index is 0.0173. The number of aliphatic hydroxyl groups excluding tert-OH is 1. The highest BCUT2D eigenvalue weighted by Gasteiger charge is 2.20. The van der Waals surface area contributed by atoms with Crippen LogP contribution in [0.5, 0.6) is 0 Å². The molecule has 4 heteroatoms. The summed E-state index contributed by atoms with van der Waals surface area (Å²) in [6.45, 7) is 6.84. The van der Waals surface area contributed by atoms with Crippen molar-refractivity contribution in [1.29, 1.82) is 0 Å². The van der Waals surface area contributed by atoms with E-state index in [0.717, 1.165) is 30.6 Å². The van der Waals surface area contributed by atoms with Crippen LogP contribution in [0, 0.1) is 13.8 Å². The van der Waals surface area contributed by atoms with Crippen LogP contribution in [0.15, 0.2) is 10.5 Å². The summed E-state index contributed by atoms with van der Waals surface area (Å²) in [5.74, 6) is 1.02. The zero-order valence-electron chi connectivity index (χ0n) is 11.5. The third kappa shape index (κ3) is 3.88. The molecule has 0 aliphatic rings. The van der Waals surface area contributed by atoms with Crippen LogP contribution in [0.3, 0.4) is 0 Å². The van der Waals surface area contributed by atoms with Gasteiger partial charge in [-0.1, -0.05) is 19.8 Å². The Morgan fingerprint density at radius 3 is 2.56 bits per heavy atom. The van der Waals surface area contributed by atoms with Crippen molar-refractivity contribution >= 4 is 5.91 Å². The summed E-state index contributed by atoms with van der Waals surface area (Å²) in [4.78, 5) is 14.0. The van der Waals surface area contributed by atoms with E-state index in [0.29, 0.717) is 18.8 Å². The Morgan fingerprint density at radius 1 is 1.33 bits per heavy atom. The molecule has 1 heterocycles. The molecular weight excluding hydrogens is 230 g/mol. The lowest BCUT2D eigenvalue weighted by Crippen LogP contribution is -2.34. The summed E-state index contributed by atoms with van der Waals surface area (Å²) in [5, 5.41) is 9.04. The Hall–Kier alpha value is -1.29. The molecule has 0 radical (unpaired) electrons. The molecular formula is C14H23NO3. The number of unbranched alkanes of at least 4 members (excludes halogenated alkanes) is 2. The second-order valence-corrected chi connectivity index (χ2v) is 4.59. The van der Waals surface area contributed by atoms with Crippen molar-refractivity contribution in [2.45, 2.75) is 40.0 Å². The number of hydrogen-bond donors (Lipinski definition) is 1. The quantitative estimate of drug-likeness (QED) is 0.760. The first-order chi connectivity index (χ1) is 8.60.